The quantitative estimate of drug-likeness (QED) is 0.668. The number of nitrogens with two attached hydrogens (primary N) is 2. The molecule has 1 heterocycles. The lowest BCUT2D eigenvalue weighted by Gasteiger charge is -2.34. The Balaban J connectivity index is 2.63. The molecule has 0 aliphatic carbocycles. The first kappa shape index (κ1) is 12.0. The minimum absolute atomic E-state index is 0.0616. The van der Waals surface area contributed by atoms with Crippen LogP contribution in [0.2, 0.25) is 0 Å². The molecule has 0 spiro atoms. The maximum Gasteiger partial charge on any atom is 0.240 e. The zero-order valence-corrected chi connectivity index (χ0v) is 9.11. The van der Waals surface area contributed by atoms with Crippen molar-refractivity contribution in [2.45, 2.75) is 44.7 Å². The molecule has 0 saturated carbocycles. The molecular weight excluding hydrogens is 194 g/mol. The number of likely N-dealkylation sites (tertiary alicyclic amines) is 1. The van der Waals surface area contributed by atoms with Gasteiger partial charge in [-0.05, 0) is 26.2 Å². The average Bonchev–Trinajstić information content (AvgIpc) is 2.16. The summed E-state index contributed by atoms with van der Waals surface area (Å²) in [5, 5.41) is 0. The van der Waals surface area contributed by atoms with Gasteiger partial charge in [0.25, 0.3) is 0 Å². The van der Waals surface area contributed by atoms with Crippen molar-refractivity contribution in [1.82, 2.24) is 4.90 Å². The summed E-state index contributed by atoms with van der Waals surface area (Å²) in [6.07, 6.45) is 2.86. The van der Waals surface area contributed by atoms with Crippen LogP contribution < -0.4 is 11.5 Å². The van der Waals surface area contributed by atoms with Crippen LogP contribution in [-0.4, -0.2) is 35.3 Å². The molecule has 0 aromatic carbocycles. The van der Waals surface area contributed by atoms with E-state index < -0.39 is 11.9 Å². The molecular formula is C10H19N3O2. The van der Waals surface area contributed by atoms with Gasteiger partial charge in [0.05, 0.1) is 0 Å². The second-order valence-corrected chi connectivity index (χ2v) is 4.18. The average molecular weight is 213 g/mol. The lowest BCUT2D eigenvalue weighted by atomic mass is 10.0. The topological polar surface area (TPSA) is 89.4 Å². The molecule has 5 heteroatoms. The monoisotopic (exact) mass is 213 g/mol. The molecule has 15 heavy (non-hydrogen) atoms. The molecule has 1 aliphatic heterocycles. The Bertz CT molecular complexity index is 253. The van der Waals surface area contributed by atoms with Gasteiger partial charge < -0.3 is 16.4 Å². The fourth-order valence-electron chi connectivity index (χ4n) is 1.92. The van der Waals surface area contributed by atoms with E-state index in [-0.39, 0.29) is 18.4 Å². The molecule has 0 aromatic rings. The first-order valence-electron chi connectivity index (χ1n) is 5.36. The molecule has 1 aliphatic rings. The smallest absolute Gasteiger partial charge is 0.240 e. The largest absolute Gasteiger partial charge is 0.368 e. The van der Waals surface area contributed by atoms with E-state index in [9.17, 15) is 9.59 Å². The Morgan fingerprint density at radius 1 is 1.47 bits per heavy atom. The molecule has 0 radical (unpaired) electrons. The van der Waals surface area contributed by atoms with E-state index in [1.807, 2.05) is 0 Å². The molecule has 1 fully saturated rings. The molecule has 4 N–H and O–H groups in total. The van der Waals surface area contributed by atoms with E-state index in [1.54, 1.807) is 11.8 Å². The predicted octanol–water partition coefficient (Wildman–Crippen LogP) is -0.410. The van der Waals surface area contributed by atoms with Gasteiger partial charge in [-0.25, -0.2) is 0 Å². The van der Waals surface area contributed by atoms with E-state index >= 15 is 0 Å². The molecule has 0 aromatic heterocycles. The first-order valence-corrected chi connectivity index (χ1v) is 5.36. The predicted molar refractivity (Wildman–Crippen MR) is 56.8 cm³/mol. The van der Waals surface area contributed by atoms with Gasteiger partial charge in [0.1, 0.15) is 6.04 Å². The van der Waals surface area contributed by atoms with Crippen LogP contribution in [0, 0.1) is 0 Å². The van der Waals surface area contributed by atoms with Crippen LogP contribution in [0.15, 0.2) is 0 Å². The molecule has 5 nitrogen and oxygen atoms in total. The number of piperidine rings is 1. The van der Waals surface area contributed by atoms with Crippen molar-refractivity contribution in [1.29, 1.82) is 0 Å². The summed E-state index contributed by atoms with van der Waals surface area (Å²) in [4.78, 5) is 24.5. The summed E-state index contributed by atoms with van der Waals surface area (Å²) in [5.74, 6) is -0.471. The number of hydrogen-bond donors (Lipinski definition) is 2. The summed E-state index contributed by atoms with van der Waals surface area (Å²) < 4.78 is 0. The van der Waals surface area contributed by atoms with Gasteiger partial charge in [-0.15, -0.1) is 0 Å². The highest BCUT2D eigenvalue weighted by molar-refractivity contribution is 5.87. The van der Waals surface area contributed by atoms with Crippen molar-refractivity contribution in [2.75, 3.05) is 6.54 Å². The van der Waals surface area contributed by atoms with E-state index in [0.29, 0.717) is 13.0 Å². The summed E-state index contributed by atoms with van der Waals surface area (Å²) in [5.41, 5.74) is 10.8. The van der Waals surface area contributed by atoms with Crippen molar-refractivity contribution in [3.63, 3.8) is 0 Å². The number of hydrogen-bond acceptors (Lipinski definition) is 3. The van der Waals surface area contributed by atoms with E-state index in [4.69, 9.17) is 11.5 Å². The highest BCUT2D eigenvalue weighted by Crippen LogP contribution is 2.17. The van der Waals surface area contributed by atoms with Gasteiger partial charge in [0.2, 0.25) is 11.8 Å². The highest BCUT2D eigenvalue weighted by atomic mass is 16.2. The third-order valence-corrected chi connectivity index (χ3v) is 2.65. The Kier molecular flexibility index (Phi) is 4.08. The van der Waals surface area contributed by atoms with Crippen LogP contribution in [0.4, 0.5) is 0 Å². The zero-order valence-electron chi connectivity index (χ0n) is 9.11. The maximum absolute atomic E-state index is 11.8. The fraction of sp³-hybridized carbons (Fsp3) is 0.800. The SMILES string of the molecule is CC(N)CC(=O)N1CCCCC1C(N)=O. The molecule has 2 amide bonds. The summed E-state index contributed by atoms with van der Waals surface area (Å²) >= 11 is 0. The molecule has 86 valence electrons. The van der Waals surface area contributed by atoms with Crippen LogP contribution in [0.5, 0.6) is 0 Å². The Labute approximate surface area is 89.8 Å². The number of carbonyl (C=O) groups excluding carboxylic acids is 2. The molecule has 1 saturated heterocycles. The number of rotatable bonds is 3. The Morgan fingerprint density at radius 3 is 2.67 bits per heavy atom. The van der Waals surface area contributed by atoms with Gasteiger partial charge in [-0.3, -0.25) is 9.59 Å². The fourth-order valence-corrected chi connectivity index (χ4v) is 1.92. The minimum Gasteiger partial charge on any atom is -0.368 e. The zero-order chi connectivity index (χ0) is 11.4. The Morgan fingerprint density at radius 2 is 2.13 bits per heavy atom. The Hall–Kier alpha value is -1.10. The molecule has 2 atom stereocenters. The third-order valence-electron chi connectivity index (χ3n) is 2.65. The van der Waals surface area contributed by atoms with E-state index in [2.05, 4.69) is 0 Å². The summed E-state index contributed by atoms with van der Waals surface area (Å²) in [7, 11) is 0. The lowest BCUT2D eigenvalue weighted by Crippen LogP contribution is -2.51. The van der Waals surface area contributed by atoms with Crippen molar-refractivity contribution < 1.29 is 9.59 Å². The summed E-state index contributed by atoms with van der Waals surface area (Å²) in [6.45, 7) is 2.40. The van der Waals surface area contributed by atoms with Gasteiger partial charge in [-0.2, -0.15) is 0 Å². The molecule has 2 unspecified atom stereocenters. The second kappa shape index (κ2) is 5.11. The van der Waals surface area contributed by atoms with Gasteiger partial charge in [0, 0.05) is 19.0 Å². The van der Waals surface area contributed by atoms with Gasteiger partial charge >= 0.3 is 0 Å². The highest BCUT2D eigenvalue weighted by Gasteiger charge is 2.30. The van der Waals surface area contributed by atoms with E-state index in [0.717, 1.165) is 12.8 Å². The first-order chi connectivity index (χ1) is 7.02. The van der Waals surface area contributed by atoms with Crippen LogP contribution in [-0.2, 0) is 9.59 Å². The molecule has 1 rings (SSSR count). The van der Waals surface area contributed by atoms with Crippen molar-refractivity contribution in [3.8, 4) is 0 Å². The van der Waals surface area contributed by atoms with Crippen molar-refractivity contribution >= 4 is 11.8 Å². The second-order valence-electron chi connectivity index (χ2n) is 4.18. The normalized spacial score (nSPS) is 23.6. The third kappa shape index (κ3) is 3.20. The molecule has 0 bridgehead atoms. The minimum atomic E-state index is -0.426. The van der Waals surface area contributed by atoms with Crippen molar-refractivity contribution in [2.24, 2.45) is 11.5 Å². The van der Waals surface area contributed by atoms with Gasteiger partial charge in [-0.1, -0.05) is 0 Å². The van der Waals surface area contributed by atoms with Crippen LogP contribution in [0.1, 0.15) is 32.6 Å². The standard InChI is InChI=1S/C10H19N3O2/c1-7(11)6-9(14)13-5-3-2-4-8(13)10(12)15/h7-8H,2-6,11H2,1H3,(H2,12,15). The lowest BCUT2D eigenvalue weighted by molar-refractivity contribution is -0.141. The maximum atomic E-state index is 11.8. The number of primary amides is 1. The number of amides is 2. The van der Waals surface area contributed by atoms with Crippen LogP contribution in [0.3, 0.4) is 0 Å². The van der Waals surface area contributed by atoms with E-state index in [1.165, 1.54) is 0 Å². The number of nitrogens with zero attached hydrogens (tertiary/aromatic N) is 1. The van der Waals surface area contributed by atoms with Crippen LogP contribution in [0.25, 0.3) is 0 Å². The van der Waals surface area contributed by atoms with Gasteiger partial charge in [0.15, 0.2) is 0 Å². The van der Waals surface area contributed by atoms with Crippen LogP contribution >= 0.6 is 0 Å². The van der Waals surface area contributed by atoms with Crippen molar-refractivity contribution in [3.05, 3.63) is 0 Å². The number of carbonyl (C=O) groups is 2. The summed E-state index contributed by atoms with van der Waals surface area (Å²) in [6, 6.07) is -0.599.